The second-order valence-electron chi connectivity index (χ2n) is 5.37. The Bertz CT molecular complexity index is 356. The first kappa shape index (κ1) is 13.0. The van der Waals surface area contributed by atoms with Crippen LogP contribution in [0.5, 0.6) is 0 Å². The standard InChI is InChI=1S/C13H22N2OS/c1-10(2)14-8-13(4-5-16-9-13)6-12-7-17-11(3)15-12/h7,10,14H,4-6,8-9H2,1-3H3. The molecule has 0 saturated carbocycles. The molecule has 1 aliphatic rings. The largest absolute Gasteiger partial charge is 0.381 e. The molecule has 1 saturated heterocycles. The molecule has 1 aliphatic heterocycles. The predicted molar refractivity (Wildman–Crippen MR) is 71.6 cm³/mol. The van der Waals surface area contributed by atoms with Crippen LogP contribution in [0.1, 0.15) is 31.0 Å². The molecular weight excluding hydrogens is 232 g/mol. The van der Waals surface area contributed by atoms with Crippen molar-refractivity contribution in [2.45, 2.75) is 39.7 Å². The van der Waals surface area contributed by atoms with E-state index in [1.165, 1.54) is 5.69 Å². The van der Waals surface area contributed by atoms with Crippen molar-refractivity contribution in [2.75, 3.05) is 19.8 Å². The van der Waals surface area contributed by atoms with Crippen LogP contribution < -0.4 is 5.32 Å². The molecule has 4 heteroatoms. The monoisotopic (exact) mass is 254 g/mol. The van der Waals surface area contributed by atoms with E-state index in [1.54, 1.807) is 11.3 Å². The molecule has 1 aromatic rings. The summed E-state index contributed by atoms with van der Waals surface area (Å²) in [5.41, 5.74) is 1.48. The molecule has 0 aliphatic carbocycles. The van der Waals surface area contributed by atoms with Crippen LogP contribution in [0, 0.1) is 12.3 Å². The van der Waals surface area contributed by atoms with Crippen LogP contribution in [-0.4, -0.2) is 30.8 Å². The van der Waals surface area contributed by atoms with Crippen LogP contribution in [0.4, 0.5) is 0 Å². The maximum Gasteiger partial charge on any atom is 0.0897 e. The highest BCUT2D eigenvalue weighted by molar-refractivity contribution is 7.09. The summed E-state index contributed by atoms with van der Waals surface area (Å²) < 4.78 is 5.61. The number of nitrogens with one attached hydrogen (secondary N) is 1. The molecule has 2 rings (SSSR count). The molecule has 0 radical (unpaired) electrons. The summed E-state index contributed by atoms with van der Waals surface area (Å²) in [6.45, 7) is 9.23. The van der Waals surface area contributed by atoms with E-state index < -0.39 is 0 Å². The molecule has 17 heavy (non-hydrogen) atoms. The van der Waals surface area contributed by atoms with Crippen LogP contribution in [0.3, 0.4) is 0 Å². The van der Waals surface area contributed by atoms with E-state index in [0.29, 0.717) is 6.04 Å². The van der Waals surface area contributed by atoms with Gasteiger partial charge in [0, 0.05) is 30.0 Å². The van der Waals surface area contributed by atoms with E-state index in [0.717, 1.165) is 37.6 Å². The van der Waals surface area contributed by atoms with Gasteiger partial charge in [-0.05, 0) is 19.8 Å². The maximum absolute atomic E-state index is 5.61. The molecule has 1 fully saturated rings. The van der Waals surface area contributed by atoms with Gasteiger partial charge in [-0.2, -0.15) is 0 Å². The third kappa shape index (κ3) is 3.50. The highest BCUT2D eigenvalue weighted by Gasteiger charge is 2.35. The minimum atomic E-state index is 0.255. The van der Waals surface area contributed by atoms with Crippen LogP contribution in [-0.2, 0) is 11.2 Å². The van der Waals surface area contributed by atoms with Gasteiger partial charge >= 0.3 is 0 Å². The maximum atomic E-state index is 5.61. The molecule has 1 N–H and O–H groups in total. The van der Waals surface area contributed by atoms with Gasteiger partial charge in [0.2, 0.25) is 0 Å². The Kier molecular flexibility index (Phi) is 4.17. The predicted octanol–water partition coefficient (Wildman–Crippen LogP) is 2.40. The van der Waals surface area contributed by atoms with Gasteiger partial charge < -0.3 is 10.1 Å². The summed E-state index contributed by atoms with van der Waals surface area (Å²) in [5, 5.41) is 6.89. The molecule has 0 bridgehead atoms. The number of rotatable bonds is 5. The number of thiazole rings is 1. The third-order valence-electron chi connectivity index (χ3n) is 3.29. The Balaban J connectivity index is 2.01. The van der Waals surface area contributed by atoms with Crippen molar-refractivity contribution in [1.82, 2.24) is 10.3 Å². The van der Waals surface area contributed by atoms with Gasteiger partial charge in [0.1, 0.15) is 0 Å². The number of aryl methyl sites for hydroxylation is 1. The minimum Gasteiger partial charge on any atom is -0.381 e. The van der Waals surface area contributed by atoms with Gasteiger partial charge in [0.25, 0.3) is 0 Å². The minimum absolute atomic E-state index is 0.255. The van der Waals surface area contributed by atoms with E-state index in [4.69, 9.17) is 4.74 Å². The van der Waals surface area contributed by atoms with Crippen LogP contribution in [0.15, 0.2) is 5.38 Å². The molecule has 96 valence electrons. The van der Waals surface area contributed by atoms with E-state index in [1.807, 2.05) is 0 Å². The van der Waals surface area contributed by atoms with Crippen molar-refractivity contribution in [3.63, 3.8) is 0 Å². The fraction of sp³-hybridized carbons (Fsp3) is 0.769. The number of hydrogen-bond donors (Lipinski definition) is 1. The molecule has 1 atom stereocenters. The Morgan fingerprint density at radius 3 is 2.94 bits per heavy atom. The lowest BCUT2D eigenvalue weighted by molar-refractivity contribution is 0.147. The molecule has 1 unspecified atom stereocenters. The summed E-state index contributed by atoms with van der Waals surface area (Å²) >= 11 is 1.74. The second kappa shape index (κ2) is 5.46. The average Bonchev–Trinajstić information content (AvgIpc) is 2.87. The molecule has 1 aromatic heterocycles. The first-order valence-corrected chi connectivity index (χ1v) is 7.20. The van der Waals surface area contributed by atoms with E-state index in [9.17, 15) is 0 Å². The van der Waals surface area contributed by atoms with Crippen LogP contribution >= 0.6 is 11.3 Å². The zero-order valence-corrected chi connectivity index (χ0v) is 11.8. The van der Waals surface area contributed by atoms with Crippen molar-refractivity contribution < 1.29 is 4.74 Å². The fourth-order valence-corrected chi connectivity index (χ4v) is 2.90. The smallest absolute Gasteiger partial charge is 0.0897 e. The second-order valence-corrected chi connectivity index (χ2v) is 6.44. The van der Waals surface area contributed by atoms with Gasteiger partial charge in [-0.25, -0.2) is 4.98 Å². The van der Waals surface area contributed by atoms with E-state index in [2.05, 4.69) is 36.5 Å². The van der Waals surface area contributed by atoms with Crippen molar-refractivity contribution in [2.24, 2.45) is 5.41 Å². The van der Waals surface area contributed by atoms with E-state index >= 15 is 0 Å². The zero-order chi connectivity index (χ0) is 12.3. The highest BCUT2D eigenvalue weighted by atomic mass is 32.1. The lowest BCUT2D eigenvalue weighted by atomic mass is 9.82. The summed E-state index contributed by atoms with van der Waals surface area (Å²) in [4.78, 5) is 4.58. The van der Waals surface area contributed by atoms with E-state index in [-0.39, 0.29) is 5.41 Å². The Labute approximate surface area is 108 Å². The normalized spacial score (nSPS) is 24.7. The topological polar surface area (TPSA) is 34.2 Å². The summed E-state index contributed by atoms with van der Waals surface area (Å²) in [6, 6.07) is 0.532. The Morgan fingerprint density at radius 1 is 1.59 bits per heavy atom. The van der Waals surface area contributed by atoms with Crippen molar-refractivity contribution in [3.8, 4) is 0 Å². The molecule has 3 nitrogen and oxygen atoms in total. The lowest BCUT2D eigenvalue weighted by Gasteiger charge is -2.28. The molecule has 2 heterocycles. The quantitative estimate of drug-likeness (QED) is 0.876. The summed E-state index contributed by atoms with van der Waals surface area (Å²) in [6.07, 6.45) is 2.18. The Morgan fingerprint density at radius 2 is 2.41 bits per heavy atom. The van der Waals surface area contributed by atoms with Gasteiger partial charge in [-0.1, -0.05) is 13.8 Å². The first-order valence-electron chi connectivity index (χ1n) is 6.32. The lowest BCUT2D eigenvalue weighted by Crippen LogP contribution is -2.39. The fourth-order valence-electron chi connectivity index (χ4n) is 2.29. The average molecular weight is 254 g/mol. The number of nitrogens with zero attached hydrogens (tertiary/aromatic N) is 1. The Hall–Kier alpha value is -0.450. The first-order chi connectivity index (χ1) is 8.10. The number of ether oxygens (including phenoxy) is 1. The van der Waals surface area contributed by atoms with Crippen molar-refractivity contribution in [3.05, 3.63) is 16.1 Å². The third-order valence-corrected chi connectivity index (χ3v) is 4.12. The molecule has 0 spiro atoms. The molecule has 0 amide bonds. The van der Waals surface area contributed by atoms with Gasteiger partial charge in [-0.15, -0.1) is 11.3 Å². The van der Waals surface area contributed by atoms with Gasteiger partial charge in [0.15, 0.2) is 0 Å². The molecular formula is C13H22N2OS. The van der Waals surface area contributed by atoms with Crippen molar-refractivity contribution in [1.29, 1.82) is 0 Å². The highest BCUT2D eigenvalue weighted by Crippen LogP contribution is 2.32. The van der Waals surface area contributed by atoms with Gasteiger partial charge in [-0.3, -0.25) is 0 Å². The number of hydrogen-bond acceptors (Lipinski definition) is 4. The summed E-state index contributed by atoms with van der Waals surface area (Å²) in [7, 11) is 0. The van der Waals surface area contributed by atoms with Crippen LogP contribution in [0.2, 0.25) is 0 Å². The SMILES string of the molecule is Cc1nc(CC2(CNC(C)C)CCOC2)cs1. The number of aromatic nitrogens is 1. The van der Waals surface area contributed by atoms with Crippen LogP contribution in [0.25, 0.3) is 0 Å². The summed E-state index contributed by atoms with van der Waals surface area (Å²) in [5.74, 6) is 0. The zero-order valence-electron chi connectivity index (χ0n) is 11.0. The van der Waals surface area contributed by atoms with Gasteiger partial charge in [0.05, 0.1) is 17.3 Å². The van der Waals surface area contributed by atoms with Crippen molar-refractivity contribution >= 4 is 11.3 Å². The molecule has 0 aromatic carbocycles.